The molecule has 2 aliphatic rings. The number of fused-ring (bicyclic) bond motifs is 8. The number of hydrogen-bond donors (Lipinski definition) is 0. The van der Waals surface area contributed by atoms with Gasteiger partial charge in [0.15, 0.2) is 17.5 Å². The highest BCUT2D eigenvalue weighted by Gasteiger charge is 2.43. The Morgan fingerprint density at radius 3 is 1.55 bits per heavy atom. The van der Waals surface area contributed by atoms with Crippen LogP contribution in [0.4, 0.5) is 0 Å². The van der Waals surface area contributed by atoms with Crippen LogP contribution in [0.1, 0.15) is 43.2 Å². The van der Waals surface area contributed by atoms with Crippen LogP contribution in [0, 0.1) is 0 Å². The molecule has 2 aliphatic carbocycles. The van der Waals surface area contributed by atoms with Crippen molar-refractivity contribution in [2.45, 2.75) is 37.5 Å². The fourth-order valence-electron chi connectivity index (χ4n) is 9.22. The molecule has 4 heteroatoms. The highest BCUT2D eigenvalue weighted by molar-refractivity contribution is 7.25. The van der Waals surface area contributed by atoms with Crippen LogP contribution in [0.3, 0.4) is 0 Å². The van der Waals surface area contributed by atoms with Gasteiger partial charge in [-0.3, -0.25) is 0 Å². The fourth-order valence-corrected chi connectivity index (χ4v) is 10.3. The van der Waals surface area contributed by atoms with Crippen molar-refractivity contribution in [3.63, 3.8) is 0 Å². The summed E-state index contributed by atoms with van der Waals surface area (Å²) in [4.78, 5) is 15.2. The summed E-state index contributed by atoms with van der Waals surface area (Å²) in [6, 6.07) is 59.3. The molecule has 1 fully saturated rings. The second-order valence-electron chi connectivity index (χ2n) is 15.1. The first-order valence-electron chi connectivity index (χ1n) is 19.4. The molecule has 1 saturated carbocycles. The van der Waals surface area contributed by atoms with Gasteiger partial charge in [-0.2, -0.15) is 0 Å². The third kappa shape index (κ3) is 5.43. The van der Waals surface area contributed by atoms with E-state index >= 15 is 0 Å². The minimum Gasteiger partial charge on any atom is -0.208 e. The van der Waals surface area contributed by atoms with Gasteiger partial charge in [0.1, 0.15) is 0 Å². The molecule has 3 nitrogen and oxygen atoms in total. The molecule has 2 heterocycles. The van der Waals surface area contributed by atoms with E-state index in [1.165, 1.54) is 91.2 Å². The third-order valence-electron chi connectivity index (χ3n) is 12.0. The van der Waals surface area contributed by atoms with E-state index in [-0.39, 0.29) is 5.41 Å². The van der Waals surface area contributed by atoms with E-state index < -0.39 is 0 Å². The van der Waals surface area contributed by atoms with E-state index in [9.17, 15) is 0 Å². The molecule has 0 unspecified atom stereocenters. The molecular weight excluding hydrogens is 687 g/mol. The van der Waals surface area contributed by atoms with Gasteiger partial charge in [-0.05, 0) is 93.7 Å². The molecular formula is C51H37N3S. The molecule has 0 atom stereocenters. The minimum atomic E-state index is 0.139. The Morgan fingerprint density at radius 1 is 0.364 bits per heavy atom. The monoisotopic (exact) mass is 723 g/mol. The number of thiophene rings is 1. The summed E-state index contributed by atoms with van der Waals surface area (Å²) < 4.78 is 2.54. The maximum Gasteiger partial charge on any atom is 0.164 e. The Bertz CT molecular complexity index is 2890. The topological polar surface area (TPSA) is 38.7 Å². The zero-order valence-corrected chi connectivity index (χ0v) is 31.2. The van der Waals surface area contributed by atoms with E-state index in [4.69, 9.17) is 15.0 Å². The Balaban J connectivity index is 1.01. The van der Waals surface area contributed by atoms with Crippen molar-refractivity contribution in [2.75, 3.05) is 0 Å². The summed E-state index contributed by atoms with van der Waals surface area (Å²) in [5.41, 5.74) is 13.9. The van der Waals surface area contributed by atoms with E-state index in [1.807, 2.05) is 35.6 Å². The molecule has 0 bridgehead atoms. The number of rotatable bonds is 5. The molecule has 0 N–H and O–H groups in total. The van der Waals surface area contributed by atoms with Gasteiger partial charge in [0.25, 0.3) is 0 Å². The van der Waals surface area contributed by atoms with Gasteiger partial charge in [0.05, 0.1) is 0 Å². The van der Waals surface area contributed by atoms with Crippen molar-refractivity contribution < 1.29 is 0 Å². The Kier molecular flexibility index (Phi) is 7.60. The van der Waals surface area contributed by atoms with Crippen LogP contribution in [0.15, 0.2) is 164 Å². The maximum atomic E-state index is 5.11. The first-order chi connectivity index (χ1) is 27.2. The fraction of sp³-hybridized carbons (Fsp3) is 0.118. The van der Waals surface area contributed by atoms with Crippen molar-refractivity contribution in [3.8, 4) is 67.5 Å². The van der Waals surface area contributed by atoms with Crippen LogP contribution >= 0.6 is 11.3 Å². The first-order valence-corrected chi connectivity index (χ1v) is 20.2. The average molecular weight is 724 g/mol. The van der Waals surface area contributed by atoms with Crippen molar-refractivity contribution in [1.82, 2.24) is 15.0 Å². The summed E-state index contributed by atoms with van der Waals surface area (Å²) in [7, 11) is 0. The van der Waals surface area contributed by atoms with Gasteiger partial charge in [-0.1, -0.05) is 147 Å². The number of benzene rings is 7. The van der Waals surface area contributed by atoms with Crippen LogP contribution in [-0.2, 0) is 5.41 Å². The average Bonchev–Trinajstić information content (AvgIpc) is 3.76. The van der Waals surface area contributed by atoms with E-state index in [0.29, 0.717) is 17.5 Å². The number of nitrogens with zero attached hydrogens (tertiary/aromatic N) is 3. The molecule has 262 valence electrons. The summed E-state index contributed by atoms with van der Waals surface area (Å²) in [5, 5.41) is 2.50. The number of aromatic nitrogens is 3. The highest BCUT2D eigenvalue weighted by Crippen LogP contribution is 2.56. The summed E-state index contributed by atoms with van der Waals surface area (Å²) in [6.45, 7) is 0. The van der Waals surface area contributed by atoms with Crippen molar-refractivity contribution >= 4 is 31.5 Å². The lowest BCUT2D eigenvalue weighted by Gasteiger charge is -2.36. The van der Waals surface area contributed by atoms with Crippen molar-refractivity contribution in [2.24, 2.45) is 0 Å². The zero-order chi connectivity index (χ0) is 36.3. The van der Waals surface area contributed by atoms with Gasteiger partial charge >= 0.3 is 0 Å². The third-order valence-corrected chi connectivity index (χ3v) is 13.1. The SMILES string of the molecule is c1ccc(-c2ccc(-c3nc(-c4ccccc4)nc(-c4ccc5sc6ccc(-c7ccc8c(c7)C7(CCCCC7)c7ccccc7-8)cc6c5c4)n3)cc2)cc1. The Morgan fingerprint density at radius 2 is 0.836 bits per heavy atom. The summed E-state index contributed by atoms with van der Waals surface area (Å²) in [5.74, 6) is 2.00. The van der Waals surface area contributed by atoms with E-state index in [1.54, 1.807) is 0 Å². The van der Waals surface area contributed by atoms with Crippen molar-refractivity contribution in [1.29, 1.82) is 0 Å². The van der Waals surface area contributed by atoms with Gasteiger partial charge in [-0.25, -0.2) is 15.0 Å². The van der Waals surface area contributed by atoms with E-state index in [0.717, 1.165) is 22.3 Å². The van der Waals surface area contributed by atoms with Crippen LogP contribution < -0.4 is 0 Å². The number of hydrogen-bond acceptors (Lipinski definition) is 4. The standard InChI is InChI=1S/C51H37N3S/c1-4-12-33(13-5-1)34-18-20-36(21-19-34)49-52-48(35-14-6-2-7-15-35)53-50(54-49)39-24-27-47-43(31-39)42-30-37(23-26-46(42)55-47)38-22-25-41-40-16-8-9-17-44(40)51(45(41)32-38)28-10-3-11-29-51/h1-2,4-9,12-27,30-32H,3,10-11,28-29H2. The Hall–Kier alpha value is -6.23. The lowest BCUT2D eigenvalue weighted by atomic mass is 9.67. The molecule has 11 rings (SSSR count). The second-order valence-corrected chi connectivity index (χ2v) is 16.2. The molecule has 0 saturated heterocycles. The van der Waals surface area contributed by atoms with E-state index in [2.05, 4.69) is 140 Å². The molecule has 1 spiro atoms. The minimum absolute atomic E-state index is 0.139. The van der Waals surface area contributed by atoms with Gasteiger partial charge in [-0.15, -0.1) is 11.3 Å². The normalized spacial score (nSPS) is 14.3. The quantitative estimate of drug-likeness (QED) is 0.177. The second kappa shape index (κ2) is 13.0. The van der Waals surface area contributed by atoms with Crippen LogP contribution in [0.25, 0.3) is 87.7 Å². The largest absolute Gasteiger partial charge is 0.208 e. The maximum absolute atomic E-state index is 5.11. The van der Waals surface area contributed by atoms with Gasteiger partial charge in [0.2, 0.25) is 0 Å². The highest BCUT2D eigenvalue weighted by atomic mass is 32.1. The lowest BCUT2D eigenvalue weighted by Crippen LogP contribution is -2.28. The lowest BCUT2D eigenvalue weighted by molar-refractivity contribution is 0.353. The zero-order valence-electron chi connectivity index (χ0n) is 30.4. The molecule has 7 aromatic carbocycles. The Labute approximate surface area is 325 Å². The smallest absolute Gasteiger partial charge is 0.164 e. The molecule has 55 heavy (non-hydrogen) atoms. The van der Waals surface area contributed by atoms with Crippen LogP contribution in [-0.4, -0.2) is 15.0 Å². The molecule has 0 radical (unpaired) electrons. The molecule has 0 aliphatic heterocycles. The predicted octanol–water partition coefficient (Wildman–Crippen LogP) is 13.8. The van der Waals surface area contributed by atoms with Crippen LogP contribution in [0.2, 0.25) is 0 Å². The molecule has 9 aromatic rings. The predicted molar refractivity (Wildman–Crippen MR) is 229 cm³/mol. The van der Waals surface area contributed by atoms with Crippen LogP contribution in [0.5, 0.6) is 0 Å². The summed E-state index contributed by atoms with van der Waals surface area (Å²) in [6.07, 6.45) is 6.40. The molecule has 0 amide bonds. The van der Waals surface area contributed by atoms with Gasteiger partial charge < -0.3 is 0 Å². The first kappa shape index (κ1) is 32.2. The van der Waals surface area contributed by atoms with Gasteiger partial charge in [0, 0.05) is 42.3 Å². The molecule has 2 aromatic heterocycles. The summed E-state index contributed by atoms with van der Waals surface area (Å²) >= 11 is 1.85. The van der Waals surface area contributed by atoms with Crippen molar-refractivity contribution in [3.05, 3.63) is 175 Å².